The maximum absolute atomic E-state index is 13.1. The molecule has 0 bridgehead atoms. The Bertz CT molecular complexity index is 911. The van der Waals surface area contributed by atoms with Gasteiger partial charge >= 0.3 is 18.3 Å². The Morgan fingerprint density at radius 3 is 2.05 bits per heavy atom. The Balaban J connectivity index is 2.24. The fraction of sp³-hybridized carbons (Fsp3) is 0.667. The molecule has 0 saturated heterocycles. The molecule has 2 N–H and O–H groups in total. The summed E-state index contributed by atoms with van der Waals surface area (Å²) in [5.41, 5.74) is -3.77. The van der Waals surface area contributed by atoms with Crippen LogP contribution in [0.1, 0.15) is 75.8 Å². The number of aliphatic hydroxyl groups is 1. The van der Waals surface area contributed by atoms with E-state index < -0.39 is 47.3 Å². The second kappa shape index (κ2) is 14.2. The summed E-state index contributed by atoms with van der Waals surface area (Å²) < 4.78 is 101. The van der Waals surface area contributed by atoms with E-state index >= 15 is 0 Å². The zero-order valence-electron chi connectivity index (χ0n) is 20.2. The van der Waals surface area contributed by atoms with E-state index in [0.717, 1.165) is 37.8 Å². The van der Waals surface area contributed by atoms with E-state index in [-0.39, 0.29) is 24.3 Å². The molecule has 0 spiro atoms. The lowest BCUT2D eigenvalue weighted by molar-refractivity contribution is -0.284. The highest BCUT2D eigenvalue weighted by atomic mass is 32.2. The van der Waals surface area contributed by atoms with Gasteiger partial charge < -0.3 is 10.4 Å². The molecule has 0 aliphatic carbocycles. The first-order valence-corrected chi connectivity index (χ1v) is 12.8. The summed E-state index contributed by atoms with van der Waals surface area (Å²) in [6.07, 6.45) is -7.21. The molecular weight excluding hydrogens is 532 g/mol. The Kier molecular flexibility index (Phi) is 12.6. The molecule has 0 aromatic heterocycles. The summed E-state index contributed by atoms with van der Waals surface area (Å²) in [6, 6.07) is 4.18. The number of carbonyl (C=O) groups is 1. The summed E-state index contributed by atoms with van der Waals surface area (Å²) in [5.74, 6) is -4.64. The molecule has 0 heterocycles. The molecule has 4 nitrogen and oxygen atoms in total. The highest BCUT2D eigenvalue weighted by molar-refractivity contribution is 7.99. The van der Waals surface area contributed by atoms with Crippen molar-refractivity contribution < 1.29 is 45.0 Å². The molecule has 1 aromatic rings. The van der Waals surface area contributed by atoms with Crippen LogP contribution in [-0.4, -0.2) is 40.2 Å². The van der Waals surface area contributed by atoms with Gasteiger partial charge in [0.15, 0.2) is 0 Å². The molecule has 1 atom stereocenters. The Labute approximate surface area is 214 Å². The van der Waals surface area contributed by atoms with Crippen molar-refractivity contribution in [3.8, 4) is 6.07 Å². The summed E-state index contributed by atoms with van der Waals surface area (Å²) >= 11 is 1.33. The normalized spacial score (nSPS) is 14.2. The number of rotatable bonds is 15. The fourth-order valence-electron chi connectivity index (χ4n) is 3.35. The number of carbonyl (C=O) groups excluding carboxylic acids is 1. The van der Waals surface area contributed by atoms with Crippen LogP contribution in [-0.2, 0) is 11.0 Å². The molecule has 1 amide bonds. The number of alkyl halides is 8. The Morgan fingerprint density at radius 1 is 0.919 bits per heavy atom. The molecule has 1 aromatic carbocycles. The monoisotopic (exact) mass is 562 g/mol. The number of nitrogens with zero attached hydrogens (tertiary/aromatic N) is 1. The third-order valence-electron chi connectivity index (χ3n) is 5.59. The third-order valence-corrected chi connectivity index (χ3v) is 6.74. The minimum Gasteiger partial charge on any atom is -0.380 e. The van der Waals surface area contributed by atoms with Gasteiger partial charge in [0, 0.05) is 12.1 Å². The van der Waals surface area contributed by atoms with Gasteiger partial charge in [0.05, 0.1) is 17.2 Å². The molecule has 1 rings (SSSR count). The number of halogens is 8. The van der Waals surface area contributed by atoms with Crippen LogP contribution in [0, 0.1) is 11.3 Å². The van der Waals surface area contributed by atoms with Crippen LogP contribution in [0.15, 0.2) is 18.2 Å². The summed E-state index contributed by atoms with van der Waals surface area (Å²) in [5, 5.41) is 21.5. The number of nitrogens with one attached hydrogen (secondary N) is 1. The molecule has 1 unspecified atom stereocenters. The Hall–Kier alpha value is -2.07. The average molecular weight is 563 g/mol. The standard InChI is InChI=1S/C24H30F8N2O2S/c1-21(36,20(35)34-18-10-9-17(16-33)19(15-18)23(27,28)29)11-6-4-2-3-5-7-13-37-14-8-12-22(25,26)24(30,31)32/h9-10,15,36H,2-8,11-14H2,1H3,(H,34,35). The van der Waals surface area contributed by atoms with Gasteiger partial charge in [0.1, 0.15) is 5.60 Å². The average Bonchev–Trinajstić information content (AvgIpc) is 2.78. The summed E-state index contributed by atoms with van der Waals surface area (Å²) in [6.45, 7) is 1.26. The second-order valence-corrected chi connectivity index (χ2v) is 10.1. The number of unbranched alkanes of at least 4 members (excludes halogenated alkanes) is 5. The van der Waals surface area contributed by atoms with E-state index in [1.165, 1.54) is 24.8 Å². The SMILES string of the molecule is CC(O)(CCCCCCCCSCCCC(F)(F)C(F)(F)F)C(=O)Nc1ccc(C#N)c(C(F)(F)F)c1. The van der Waals surface area contributed by atoms with Gasteiger partial charge in [0.25, 0.3) is 5.91 Å². The molecular formula is C24H30F8N2O2S. The quantitative estimate of drug-likeness (QED) is 0.170. The number of hydrogen-bond donors (Lipinski definition) is 2. The van der Waals surface area contributed by atoms with Crippen LogP contribution in [0.2, 0.25) is 0 Å². The lowest BCUT2D eigenvalue weighted by Crippen LogP contribution is -2.40. The van der Waals surface area contributed by atoms with Crippen molar-refractivity contribution in [2.45, 2.75) is 88.6 Å². The smallest absolute Gasteiger partial charge is 0.380 e. The molecule has 0 aliphatic rings. The van der Waals surface area contributed by atoms with E-state index in [1.54, 1.807) is 0 Å². The lowest BCUT2D eigenvalue weighted by atomic mass is 9.96. The fourth-order valence-corrected chi connectivity index (χ4v) is 4.31. The number of benzene rings is 1. The molecule has 0 fully saturated rings. The highest BCUT2D eigenvalue weighted by Gasteiger charge is 2.56. The Morgan fingerprint density at radius 2 is 1.49 bits per heavy atom. The molecule has 37 heavy (non-hydrogen) atoms. The van der Waals surface area contributed by atoms with Crippen LogP contribution >= 0.6 is 11.8 Å². The van der Waals surface area contributed by atoms with Gasteiger partial charge in [-0.1, -0.05) is 32.1 Å². The predicted octanol–water partition coefficient (Wildman–Crippen LogP) is 7.71. The van der Waals surface area contributed by atoms with Crippen molar-refractivity contribution in [2.75, 3.05) is 16.8 Å². The van der Waals surface area contributed by atoms with E-state index in [4.69, 9.17) is 5.26 Å². The van der Waals surface area contributed by atoms with E-state index in [2.05, 4.69) is 5.32 Å². The third kappa shape index (κ3) is 11.5. The van der Waals surface area contributed by atoms with E-state index in [9.17, 15) is 45.0 Å². The van der Waals surface area contributed by atoms with Crippen molar-refractivity contribution in [2.24, 2.45) is 0 Å². The van der Waals surface area contributed by atoms with Crippen LogP contribution in [0.4, 0.5) is 40.8 Å². The topological polar surface area (TPSA) is 73.1 Å². The second-order valence-electron chi connectivity index (χ2n) is 8.89. The largest absolute Gasteiger partial charge is 0.453 e. The lowest BCUT2D eigenvalue weighted by Gasteiger charge is -2.22. The predicted molar refractivity (Wildman–Crippen MR) is 125 cm³/mol. The maximum atomic E-state index is 13.1. The van der Waals surface area contributed by atoms with Crippen molar-refractivity contribution in [3.05, 3.63) is 29.3 Å². The van der Waals surface area contributed by atoms with Gasteiger partial charge in [-0.25, -0.2) is 0 Å². The molecule has 210 valence electrons. The van der Waals surface area contributed by atoms with Crippen molar-refractivity contribution >= 4 is 23.4 Å². The number of hydrogen-bond acceptors (Lipinski definition) is 4. The number of anilines is 1. The van der Waals surface area contributed by atoms with E-state index in [1.807, 2.05) is 0 Å². The van der Waals surface area contributed by atoms with Crippen LogP contribution in [0.5, 0.6) is 0 Å². The summed E-state index contributed by atoms with van der Waals surface area (Å²) in [4.78, 5) is 12.4. The molecule has 0 aliphatic heterocycles. The first-order chi connectivity index (χ1) is 17.0. The van der Waals surface area contributed by atoms with Crippen LogP contribution in [0.25, 0.3) is 0 Å². The maximum Gasteiger partial charge on any atom is 0.453 e. The van der Waals surface area contributed by atoms with Crippen LogP contribution in [0.3, 0.4) is 0 Å². The van der Waals surface area contributed by atoms with Gasteiger partial charge in [-0.05, 0) is 55.9 Å². The number of nitriles is 1. The van der Waals surface area contributed by atoms with Crippen molar-refractivity contribution in [3.63, 3.8) is 0 Å². The minimum atomic E-state index is -5.51. The highest BCUT2D eigenvalue weighted by Crippen LogP contribution is 2.39. The first kappa shape index (κ1) is 33.0. The zero-order chi connectivity index (χ0) is 28.3. The van der Waals surface area contributed by atoms with Crippen molar-refractivity contribution in [1.82, 2.24) is 0 Å². The van der Waals surface area contributed by atoms with E-state index in [0.29, 0.717) is 24.7 Å². The first-order valence-electron chi connectivity index (χ1n) is 11.7. The minimum absolute atomic E-state index is 0.0830. The van der Waals surface area contributed by atoms with Gasteiger partial charge in [0.2, 0.25) is 0 Å². The van der Waals surface area contributed by atoms with Crippen molar-refractivity contribution in [1.29, 1.82) is 5.26 Å². The van der Waals surface area contributed by atoms with Gasteiger partial charge in [-0.2, -0.15) is 52.1 Å². The number of thioether (sulfide) groups is 1. The van der Waals surface area contributed by atoms with Crippen LogP contribution < -0.4 is 5.32 Å². The number of amides is 1. The van der Waals surface area contributed by atoms with Gasteiger partial charge in [-0.15, -0.1) is 0 Å². The molecule has 0 radical (unpaired) electrons. The summed E-state index contributed by atoms with van der Waals surface area (Å²) in [7, 11) is 0. The zero-order valence-corrected chi connectivity index (χ0v) is 21.1. The molecule has 13 heteroatoms. The van der Waals surface area contributed by atoms with Gasteiger partial charge in [-0.3, -0.25) is 4.79 Å². The molecule has 0 saturated carbocycles.